The van der Waals surface area contributed by atoms with Crippen molar-refractivity contribution >= 4 is 22.3 Å². The molecule has 0 radical (unpaired) electrons. The van der Waals surface area contributed by atoms with Crippen molar-refractivity contribution in [2.24, 2.45) is 5.11 Å². The summed E-state index contributed by atoms with van der Waals surface area (Å²) in [6.45, 7) is 2.05. The first-order chi connectivity index (χ1) is 23.3. The van der Waals surface area contributed by atoms with Gasteiger partial charge in [0.15, 0.2) is 0 Å². The van der Waals surface area contributed by atoms with Crippen molar-refractivity contribution in [1.29, 1.82) is 5.53 Å². The number of nitrogens with zero attached hydrogens (tertiary/aromatic N) is 2. The number of ether oxygens (including phenoxy) is 2. The van der Waals surface area contributed by atoms with E-state index >= 15 is 0 Å². The Hall–Kier alpha value is -5.63. The molecular weight excluding hydrogens is 582 g/mol. The predicted octanol–water partition coefficient (Wildman–Crippen LogP) is 8.65. The highest BCUT2D eigenvalue weighted by atomic mass is 16.5. The second-order valence-corrected chi connectivity index (χ2v) is 10.9. The molecule has 0 spiro atoms. The van der Waals surface area contributed by atoms with Crippen LogP contribution in [-0.4, -0.2) is 31.3 Å². The Bertz CT molecular complexity index is 1800. The lowest BCUT2D eigenvalue weighted by Gasteiger charge is -2.37. The third-order valence-electron chi connectivity index (χ3n) is 7.95. The maximum Gasteiger partial charge on any atom is 0.127 e. The van der Waals surface area contributed by atoms with Crippen molar-refractivity contribution in [2.75, 3.05) is 31.7 Å². The number of hydrogen-bond donors (Lipinski definition) is 3. The average Bonchev–Trinajstić information content (AvgIpc) is 3.14. The van der Waals surface area contributed by atoms with E-state index < -0.39 is 5.54 Å². The first-order valence-corrected chi connectivity index (χ1v) is 15.7. The van der Waals surface area contributed by atoms with Gasteiger partial charge in [-0.05, 0) is 53.1 Å². The van der Waals surface area contributed by atoms with Crippen LogP contribution in [0.15, 0.2) is 163 Å². The van der Waals surface area contributed by atoms with E-state index in [0.717, 1.165) is 22.3 Å². The lowest BCUT2D eigenvalue weighted by atomic mass is 9.77. The van der Waals surface area contributed by atoms with Crippen molar-refractivity contribution in [3.63, 3.8) is 0 Å². The van der Waals surface area contributed by atoms with Crippen molar-refractivity contribution < 1.29 is 9.47 Å². The first kappa shape index (κ1) is 31.4. The van der Waals surface area contributed by atoms with Crippen LogP contribution in [0, 0.1) is 5.53 Å². The number of aromatic nitrogens is 1. The minimum Gasteiger partial charge on any atom is -0.491 e. The maximum atomic E-state index is 7.63. The van der Waals surface area contributed by atoms with E-state index in [9.17, 15) is 0 Å². The number of rotatable bonds is 15. The molecule has 1 aromatic heterocycles. The Morgan fingerprint density at radius 3 is 1.87 bits per heavy atom. The van der Waals surface area contributed by atoms with Crippen LogP contribution in [0.2, 0.25) is 0 Å². The molecule has 234 valence electrons. The molecule has 0 bridgehead atoms. The van der Waals surface area contributed by atoms with Crippen molar-refractivity contribution in [3.8, 4) is 5.75 Å². The van der Waals surface area contributed by atoms with Gasteiger partial charge in [-0.15, -0.1) is 0 Å². The van der Waals surface area contributed by atoms with Crippen LogP contribution in [0.3, 0.4) is 0 Å². The van der Waals surface area contributed by atoms with Gasteiger partial charge in [0.1, 0.15) is 18.1 Å². The van der Waals surface area contributed by atoms with Crippen LogP contribution in [-0.2, 0) is 10.3 Å². The molecule has 0 unspecified atom stereocenters. The molecule has 47 heavy (non-hydrogen) atoms. The van der Waals surface area contributed by atoms with Crippen LogP contribution in [0.4, 0.5) is 5.69 Å². The zero-order valence-corrected chi connectivity index (χ0v) is 26.1. The van der Waals surface area contributed by atoms with Gasteiger partial charge < -0.3 is 14.8 Å². The Labute approximate surface area is 275 Å². The normalized spacial score (nSPS) is 11.7. The van der Waals surface area contributed by atoms with E-state index in [0.29, 0.717) is 37.8 Å². The van der Waals surface area contributed by atoms with Gasteiger partial charge in [-0.1, -0.05) is 115 Å². The molecule has 1 heterocycles. The SMILES string of the molecule is N=N/C(=C\Nc1ccccc1)c1ccc2cc(OCCOCCNC(c3ccccc3)(c3ccccc3)c3ccccc3)ccc2n1. The Balaban J connectivity index is 1.05. The standard InChI is InChI=1S/C40H37N5O2/c41-45-39(30-42-35-19-11-4-12-20-35)38-23-21-31-29-36(22-24-37(31)44-38)47-28-27-46-26-25-43-40(32-13-5-1-6-14-32,33-15-7-2-8-16-33)34-17-9-3-10-18-34/h1-24,29-30,41-43H,25-28H2/b39-30-,45-41?. The molecule has 0 atom stereocenters. The highest BCUT2D eigenvalue weighted by molar-refractivity contribution is 5.82. The fourth-order valence-electron chi connectivity index (χ4n) is 5.69. The summed E-state index contributed by atoms with van der Waals surface area (Å²) in [5.74, 6) is 0.747. The Morgan fingerprint density at radius 2 is 1.28 bits per heavy atom. The van der Waals surface area contributed by atoms with Crippen LogP contribution in [0.5, 0.6) is 5.75 Å². The summed E-state index contributed by atoms with van der Waals surface area (Å²) < 4.78 is 12.0. The van der Waals surface area contributed by atoms with Crippen LogP contribution in [0.1, 0.15) is 22.4 Å². The molecule has 0 aliphatic carbocycles. The molecule has 0 aliphatic heterocycles. The smallest absolute Gasteiger partial charge is 0.127 e. The monoisotopic (exact) mass is 619 g/mol. The highest BCUT2D eigenvalue weighted by Gasteiger charge is 2.35. The van der Waals surface area contributed by atoms with Gasteiger partial charge >= 0.3 is 0 Å². The summed E-state index contributed by atoms with van der Waals surface area (Å²) in [5.41, 5.74) is 13.4. The molecule has 5 aromatic carbocycles. The molecule has 7 heteroatoms. The second kappa shape index (κ2) is 15.6. The molecule has 3 N–H and O–H groups in total. The summed E-state index contributed by atoms with van der Waals surface area (Å²) in [5, 5.41) is 11.6. The molecule has 6 aromatic rings. The first-order valence-electron chi connectivity index (χ1n) is 15.7. The fourth-order valence-corrected chi connectivity index (χ4v) is 5.69. The quantitative estimate of drug-likeness (QED) is 0.0608. The lowest BCUT2D eigenvalue weighted by molar-refractivity contribution is 0.0992. The summed E-state index contributed by atoms with van der Waals surface area (Å²) in [7, 11) is 0. The second-order valence-electron chi connectivity index (χ2n) is 10.9. The van der Waals surface area contributed by atoms with Gasteiger partial charge in [-0.25, -0.2) is 10.5 Å². The van der Waals surface area contributed by atoms with Gasteiger partial charge in [0.25, 0.3) is 0 Å². The largest absolute Gasteiger partial charge is 0.491 e. The number of fused-ring (bicyclic) bond motifs is 1. The Kier molecular flexibility index (Phi) is 10.4. The molecule has 0 aliphatic rings. The van der Waals surface area contributed by atoms with Crippen molar-refractivity contribution in [1.82, 2.24) is 10.3 Å². The number of anilines is 1. The molecule has 0 fully saturated rings. The van der Waals surface area contributed by atoms with Crippen molar-refractivity contribution in [2.45, 2.75) is 5.54 Å². The number of nitrogens with one attached hydrogen (secondary N) is 3. The average molecular weight is 620 g/mol. The fraction of sp³-hybridized carbons (Fsp3) is 0.125. The molecule has 0 saturated heterocycles. The van der Waals surface area contributed by atoms with E-state index in [4.69, 9.17) is 20.0 Å². The zero-order valence-electron chi connectivity index (χ0n) is 26.1. The Morgan fingerprint density at radius 1 is 0.681 bits per heavy atom. The number of para-hydroxylation sites is 1. The van der Waals surface area contributed by atoms with Crippen LogP contribution in [0.25, 0.3) is 16.6 Å². The van der Waals surface area contributed by atoms with E-state index in [2.05, 4.69) is 88.5 Å². The maximum absolute atomic E-state index is 7.63. The number of hydrogen-bond acceptors (Lipinski definition) is 7. The van der Waals surface area contributed by atoms with E-state index in [1.165, 1.54) is 16.7 Å². The third kappa shape index (κ3) is 7.61. The summed E-state index contributed by atoms with van der Waals surface area (Å²) in [6.07, 6.45) is 1.69. The molecular formula is C40H37N5O2. The summed E-state index contributed by atoms with van der Waals surface area (Å²) >= 11 is 0. The van der Waals surface area contributed by atoms with E-state index in [1.807, 2.05) is 78.9 Å². The topological polar surface area (TPSA) is 91.6 Å². The van der Waals surface area contributed by atoms with Crippen LogP contribution >= 0.6 is 0 Å². The summed E-state index contributed by atoms with van der Waals surface area (Å²) in [6, 6.07) is 51.0. The van der Waals surface area contributed by atoms with E-state index in [-0.39, 0.29) is 0 Å². The number of pyridine rings is 1. The van der Waals surface area contributed by atoms with Gasteiger partial charge in [0.2, 0.25) is 0 Å². The minimum absolute atomic E-state index is 0.425. The lowest BCUT2D eigenvalue weighted by Crippen LogP contribution is -2.46. The van der Waals surface area contributed by atoms with Gasteiger partial charge in [-0.2, -0.15) is 5.11 Å². The number of benzene rings is 5. The third-order valence-corrected chi connectivity index (χ3v) is 7.95. The molecule has 7 nitrogen and oxygen atoms in total. The molecule has 6 rings (SSSR count). The summed E-state index contributed by atoms with van der Waals surface area (Å²) in [4.78, 5) is 4.71. The molecule has 0 amide bonds. The van der Waals surface area contributed by atoms with Gasteiger partial charge in [0, 0.05) is 23.8 Å². The highest BCUT2D eigenvalue weighted by Crippen LogP contribution is 2.36. The van der Waals surface area contributed by atoms with Gasteiger partial charge in [0.05, 0.1) is 30.0 Å². The predicted molar refractivity (Wildman–Crippen MR) is 188 cm³/mol. The minimum atomic E-state index is -0.521. The van der Waals surface area contributed by atoms with Gasteiger partial charge in [-0.3, -0.25) is 5.32 Å². The van der Waals surface area contributed by atoms with E-state index in [1.54, 1.807) is 6.20 Å². The zero-order chi connectivity index (χ0) is 32.2. The molecule has 0 saturated carbocycles. The van der Waals surface area contributed by atoms with Crippen LogP contribution < -0.4 is 15.4 Å². The van der Waals surface area contributed by atoms with Crippen molar-refractivity contribution in [3.05, 3.63) is 180 Å².